The molecule has 4 rings (SSSR count). The van der Waals surface area contributed by atoms with Gasteiger partial charge in [0.2, 0.25) is 0 Å². The molecule has 0 N–H and O–H groups in total. The number of hydrogen-bond donors (Lipinski definition) is 0. The molecule has 0 spiro atoms. The minimum absolute atomic E-state index is 0.143. The van der Waals surface area contributed by atoms with E-state index in [1.807, 2.05) is 57.2 Å². The van der Waals surface area contributed by atoms with Gasteiger partial charge in [-0.05, 0) is 104 Å². The molecular weight excluding hydrogens is 483 g/mol. The number of esters is 1. The van der Waals surface area contributed by atoms with Gasteiger partial charge >= 0.3 is 5.97 Å². The maximum atomic E-state index is 14.8. The van der Waals surface area contributed by atoms with Crippen molar-refractivity contribution >= 4 is 5.97 Å². The van der Waals surface area contributed by atoms with Gasteiger partial charge in [-0.25, -0.2) is 4.39 Å². The SMILES string of the molecule is COC(=O)CC(c1cccc(OCc2ccc(-c3cc(OC)ccc3F)c(COC(C)(C)C)c2)c1)C1CC1. The Morgan fingerprint density at radius 1 is 0.947 bits per heavy atom. The molecule has 38 heavy (non-hydrogen) atoms. The highest BCUT2D eigenvalue weighted by molar-refractivity contribution is 5.71. The summed E-state index contributed by atoms with van der Waals surface area (Å²) in [5, 5.41) is 0. The average molecular weight is 521 g/mol. The average Bonchev–Trinajstić information content (AvgIpc) is 3.75. The molecule has 0 aliphatic heterocycles. The van der Waals surface area contributed by atoms with Crippen LogP contribution in [-0.2, 0) is 27.5 Å². The molecule has 3 aromatic carbocycles. The van der Waals surface area contributed by atoms with Crippen molar-refractivity contribution in [1.29, 1.82) is 0 Å². The van der Waals surface area contributed by atoms with Crippen molar-refractivity contribution in [2.24, 2.45) is 5.92 Å². The van der Waals surface area contributed by atoms with Gasteiger partial charge in [-0.2, -0.15) is 0 Å². The van der Waals surface area contributed by atoms with Gasteiger partial charge in [-0.1, -0.05) is 24.3 Å². The molecule has 0 saturated heterocycles. The monoisotopic (exact) mass is 520 g/mol. The Labute approximate surface area is 224 Å². The number of carbonyl (C=O) groups is 1. The van der Waals surface area contributed by atoms with E-state index in [1.54, 1.807) is 19.2 Å². The Hall–Kier alpha value is -3.38. The first-order chi connectivity index (χ1) is 18.2. The zero-order valence-corrected chi connectivity index (χ0v) is 22.9. The maximum absolute atomic E-state index is 14.8. The van der Waals surface area contributed by atoms with E-state index in [0.717, 1.165) is 40.8 Å². The molecule has 0 bridgehead atoms. The maximum Gasteiger partial charge on any atom is 0.306 e. The summed E-state index contributed by atoms with van der Waals surface area (Å²) in [5.41, 5.74) is 3.79. The quantitative estimate of drug-likeness (QED) is 0.246. The van der Waals surface area contributed by atoms with Crippen LogP contribution in [0.15, 0.2) is 60.7 Å². The van der Waals surface area contributed by atoms with Crippen LogP contribution in [0.1, 0.15) is 62.6 Å². The molecule has 0 amide bonds. The zero-order valence-electron chi connectivity index (χ0n) is 22.9. The summed E-state index contributed by atoms with van der Waals surface area (Å²) >= 11 is 0. The van der Waals surface area contributed by atoms with Crippen LogP contribution < -0.4 is 9.47 Å². The van der Waals surface area contributed by atoms with Gasteiger partial charge in [0.15, 0.2) is 0 Å². The topological polar surface area (TPSA) is 54.0 Å². The second-order valence-corrected chi connectivity index (χ2v) is 10.8. The van der Waals surface area contributed by atoms with Gasteiger partial charge in [0, 0.05) is 5.56 Å². The Balaban J connectivity index is 1.55. The van der Waals surface area contributed by atoms with Crippen LogP contribution in [0, 0.1) is 11.7 Å². The lowest BCUT2D eigenvalue weighted by Gasteiger charge is -2.22. The predicted octanol–water partition coefficient (Wildman–Crippen LogP) is 7.45. The minimum atomic E-state index is -0.348. The van der Waals surface area contributed by atoms with Crippen LogP contribution in [0.2, 0.25) is 0 Å². The van der Waals surface area contributed by atoms with Gasteiger partial charge in [0.05, 0.1) is 32.8 Å². The van der Waals surface area contributed by atoms with E-state index in [9.17, 15) is 9.18 Å². The Bertz CT molecular complexity index is 1260. The molecule has 1 fully saturated rings. The molecule has 202 valence electrons. The third kappa shape index (κ3) is 7.35. The number of methoxy groups -OCH3 is 2. The van der Waals surface area contributed by atoms with Gasteiger partial charge < -0.3 is 18.9 Å². The first-order valence-corrected chi connectivity index (χ1v) is 13.1. The third-order valence-electron chi connectivity index (χ3n) is 6.79. The summed E-state index contributed by atoms with van der Waals surface area (Å²) in [6.45, 7) is 6.66. The number of rotatable bonds is 11. The first kappa shape index (κ1) is 27.6. The molecule has 1 aliphatic rings. The van der Waals surface area contributed by atoms with E-state index < -0.39 is 0 Å². The fourth-order valence-electron chi connectivity index (χ4n) is 4.57. The summed E-state index contributed by atoms with van der Waals surface area (Å²) in [6, 6.07) is 18.6. The predicted molar refractivity (Wildman–Crippen MR) is 146 cm³/mol. The molecule has 1 atom stereocenters. The highest BCUT2D eigenvalue weighted by Crippen LogP contribution is 2.45. The molecule has 1 saturated carbocycles. The smallest absolute Gasteiger partial charge is 0.306 e. The number of benzene rings is 3. The van der Waals surface area contributed by atoms with Crippen molar-refractivity contribution in [3.63, 3.8) is 0 Å². The Kier molecular flexibility index (Phi) is 8.72. The van der Waals surface area contributed by atoms with Crippen LogP contribution in [0.5, 0.6) is 11.5 Å². The molecule has 5 nitrogen and oxygen atoms in total. The molecule has 1 unspecified atom stereocenters. The van der Waals surface area contributed by atoms with Crippen LogP contribution >= 0.6 is 0 Å². The van der Waals surface area contributed by atoms with E-state index in [0.29, 0.717) is 36.9 Å². The van der Waals surface area contributed by atoms with Gasteiger partial charge in [-0.3, -0.25) is 4.79 Å². The minimum Gasteiger partial charge on any atom is -0.497 e. The summed E-state index contributed by atoms with van der Waals surface area (Å²) < 4.78 is 37.3. The van der Waals surface area contributed by atoms with Crippen molar-refractivity contribution in [2.75, 3.05) is 14.2 Å². The number of carbonyl (C=O) groups excluding carboxylic acids is 1. The van der Waals surface area contributed by atoms with Crippen molar-refractivity contribution in [3.05, 3.63) is 83.2 Å². The van der Waals surface area contributed by atoms with E-state index in [1.165, 1.54) is 13.2 Å². The summed E-state index contributed by atoms with van der Waals surface area (Å²) in [7, 11) is 3.00. The number of hydrogen-bond acceptors (Lipinski definition) is 5. The van der Waals surface area contributed by atoms with Crippen LogP contribution in [0.4, 0.5) is 4.39 Å². The van der Waals surface area contributed by atoms with Crippen molar-refractivity contribution in [2.45, 2.75) is 64.8 Å². The molecule has 0 heterocycles. The fraction of sp³-hybridized carbons (Fsp3) is 0.406. The highest BCUT2D eigenvalue weighted by atomic mass is 19.1. The van der Waals surface area contributed by atoms with E-state index in [2.05, 4.69) is 6.07 Å². The van der Waals surface area contributed by atoms with Crippen molar-refractivity contribution < 1.29 is 28.1 Å². The Morgan fingerprint density at radius 3 is 2.42 bits per heavy atom. The van der Waals surface area contributed by atoms with Gasteiger partial charge in [-0.15, -0.1) is 0 Å². The van der Waals surface area contributed by atoms with Gasteiger partial charge in [0.25, 0.3) is 0 Å². The van der Waals surface area contributed by atoms with Crippen LogP contribution in [0.3, 0.4) is 0 Å². The fourth-order valence-corrected chi connectivity index (χ4v) is 4.57. The summed E-state index contributed by atoms with van der Waals surface area (Å²) in [5.74, 6) is 1.48. The summed E-state index contributed by atoms with van der Waals surface area (Å²) in [4.78, 5) is 12.0. The summed E-state index contributed by atoms with van der Waals surface area (Å²) in [6.07, 6.45) is 2.64. The number of ether oxygens (including phenoxy) is 4. The molecule has 3 aromatic rings. The van der Waals surface area contributed by atoms with Gasteiger partial charge in [0.1, 0.15) is 23.9 Å². The second-order valence-electron chi connectivity index (χ2n) is 10.8. The lowest BCUT2D eigenvalue weighted by atomic mass is 9.91. The van der Waals surface area contributed by atoms with Crippen molar-refractivity contribution in [1.82, 2.24) is 0 Å². The zero-order chi connectivity index (χ0) is 27.3. The molecule has 1 aliphatic carbocycles. The lowest BCUT2D eigenvalue weighted by molar-refractivity contribution is -0.141. The molecular formula is C32H37FO5. The molecule has 0 aromatic heterocycles. The lowest BCUT2D eigenvalue weighted by Crippen LogP contribution is -2.19. The van der Waals surface area contributed by atoms with E-state index in [-0.39, 0.29) is 23.3 Å². The van der Waals surface area contributed by atoms with E-state index in [4.69, 9.17) is 18.9 Å². The normalized spacial score (nSPS) is 14.2. The number of halogens is 1. The first-order valence-electron chi connectivity index (χ1n) is 13.1. The highest BCUT2D eigenvalue weighted by Gasteiger charge is 2.34. The largest absolute Gasteiger partial charge is 0.497 e. The molecule has 6 heteroatoms. The van der Waals surface area contributed by atoms with Crippen LogP contribution in [-0.4, -0.2) is 25.8 Å². The van der Waals surface area contributed by atoms with Crippen molar-refractivity contribution in [3.8, 4) is 22.6 Å². The molecule has 0 radical (unpaired) electrons. The Morgan fingerprint density at radius 2 is 1.74 bits per heavy atom. The third-order valence-corrected chi connectivity index (χ3v) is 6.79. The van der Waals surface area contributed by atoms with E-state index >= 15 is 0 Å². The van der Waals surface area contributed by atoms with Crippen LogP contribution in [0.25, 0.3) is 11.1 Å². The second kappa shape index (κ2) is 12.0. The standard InChI is InChI=1S/C32H37FO5/c1-32(2,3)38-20-24-15-21(9-13-27(24)29-17-25(35-4)12-14-30(29)33)19-37-26-8-6-7-23(16-26)28(22-10-11-22)18-31(34)36-5/h6-9,12-17,22,28H,10-11,18-20H2,1-5H3.